The molecule has 0 spiro atoms. The van der Waals surface area contributed by atoms with Crippen LogP contribution in [0.25, 0.3) is 11.3 Å². The highest BCUT2D eigenvalue weighted by atomic mass is 35.5. The molecule has 3 aromatic rings. The summed E-state index contributed by atoms with van der Waals surface area (Å²) in [6.45, 7) is 3.84. The zero-order valence-electron chi connectivity index (χ0n) is 15.7. The largest absolute Gasteiger partial charge is 0.496 e. The van der Waals surface area contributed by atoms with Crippen LogP contribution < -0.4 is 14.2 Å². The van der Waals surface area contributed by atoms with Crippen LogP contribution in [0.1, 0.15) is 10.4 Å². The van der Waals surface area contributed by atoms with Gasteiger partial charge in [0.25, 0.3) is 10.0 Å². The number of hydrogen-bond donors (Lipinski definition) is 1. The van der Waals surface area contributed by atoms with Crippen molar-refractivity contribution in [3.05, 3.63) is 51.9 Å². The summed E-state index contributed by atoms with van der Waals surface area (Å²) in [6.07, 6.45) is 0. The summed E-state index contributed by atoms with van der Waals surface area (Å²) < 4.78 is 38.6. The smallest absolute Gasteiger partial charge is 0.267 e. The van der Waals surface area contributed by atoms with E-state index < -0.39 is 10.0 Å². The molecule has 2 aromatic carbocycles. The van der Waals surface area contributed by atoms with Gasteiger partial charge in [0, 0.05) is 15.5 Å². The third kappa shape index (κ3) is 4.09. The number of hydrogen-bond acceptors (Lipinski definition) is 6. The SMILES string of the molecule is COc1ccc(-c2nc(NS(=O)(=O)c3cc(Cl)ccc3OC)sc2C)cc1C. The Balaban J connectivity index is 1.96. The van der Waals surface area contributed by atoms with Gasteiger partial charge in [-0.15, -0.1) is 11.3 Å². The minimum absolute atomic E-state index is 0.0443. The van der Waals surface area contributed by atoms with Gasteiger partial charge in [-0.3, -0.25) is 4.72 Å². The highest BCUT2D eigenvalue weighted by molar-refractivity contribution is 7.93. The number of anilines is 1. The van der Waals surface area contributed by atoms with Crippen LogP contribution in [0.2, 0.25) is 5.02 Å². The van der Waals surface area contributed by atoms with Gasteiger partial charge in [-0.25, -0.2) is 13.4 Å². The molecular formula is C19H19ClN2O4S2. The highest BCUT2D eigenvalue weighted by Gasteiger charge is 2.22. The normalized spacial score (nSPS) is 11.3. The van der Waals surface area contributed by atoms with Crippen molar-refractivity contribution >= 4 is 38.1 Å². The number of aromatic nitrogens is 1. The number of nitrogens with one attached hydrogen (secondary N) is 1. The van der Waals surface area contributed by atoms with Crippen LogP contribution in [0.15, 0.2) is 41.3 Å². The summed E-state index contributed by atoms with van der Waals surface area (Å²) in [5.41, 5.74) is 2.57. The highest BCUT2D eigenvalue weighted by Crippen LogP contribution is 2.35. The molecular weight excluding hydrogens is 420 g/mol. The van der Waals surface area contributed by atoms with Gasteiger partial charge in [0.05, 0.1) is 19.9 Å². The minimum Gasteiger partial charge on any atom is -0.496 e. The fourth-order valence-electron chi connectivity index (χ4n) is 2.76. The molecule has 0 atom stereocenters. The Hall–Kier alpha value is -2.29. The van der Waals surface area contributed by atoms with Gasteiger partial charge in [-0.2, -0.15) is 0 Å². The maximum atomic E-state index is 12.8. The van der Waals surface area contributed by atoms with Crippen molar-refractivity contribution in [1.29, 1.82) is 0 Å². The first kappa shape index (κ1) is 20.4. The Kier molecular flexibility index (Phi) is 5.83. The Bertz CT molecular complexity index is 1130. The molecule has 1 N–H and O–H groups in total. The number of thiazole rings is 1. The van der Waals surface area contributed by atoms with Crippen LogP contribution in [-0.2, 0) is 10.0 Å². The van der Waals surface area contributed by atoms with Crippen molar-refractivity contribution in [2.45, 2.75) is 18.7 Å². The van der Waals surface area contributed by atoms with E-state index in [9.17, 15) is 8.42 Å². The molecule has 0 saturated heterocycles. The van der Waals surface area contributed by atoms with Gasteiger partial charge in [0.2, 0.25) is 0 Å². The van der Waals surface area contributed by atoms with Crippen LogP contribution >= 0.6 is 22.9 Å². The Morgan fingerprint density at radius 1 is 1.04 bits per heavy atom. The molecule has 0 unspecified atom stereocenters. The topological polar surface area (TPSA) is 77.5 Å². The van der Waals surface area contributed by atoms with Gasteiger partial charge in [-0.05, 0) is 55.8 Å². The predicted octanol–water partition coefficient (Wildman–Crippen LogP) is 4.90. The van der Waals surface area contributed by atoms with E-state index in [1.54, 1.807) is 13.2 Å². The molecule has 0 radical (unpaired) electrons. The summed E-state index contributed by atoms with van der Waals surface area (Å²) in [5, 5.41) is 0.564. The van der Waals surface area contributed by atoms with E-state index in [0.29, 0.717) is 10.7 Å². The molecule has 148 valence electrons. The van der Waals surface area contributed by atoms with Crippen molar-refractivity contribution in [3.8, 4) is 22.8 Å². The lowest BCUT2D eigenvalue weighted by molar-refractivity contribution is 0.403. The molecule has 1 aromatic heterocycles. The van der Waals surface area contributed by atoms with E-state index >= 15 is 0 Å². The fourth-order valence-corrected chi connectivity index (χ4v) is 5.27. The van der Waals surface area contributed by atoms with Crippen molar-refractivity contribution in [2.75, 3.05) is 18.9 Å². The monoisotopic (exact) mass is 438 g/mol. The zero-order chi connectivity index (χ0) is 20.5. The molecule has 28 heavy (non-hydrogen) atoms. The quantitative estimate of drug-likeness (QED) is 0.592. The van der Waals surface area contributed by atoms with E-state index in [2.05, 4.69) is 9.71 Å². The lowest BCUT2D eigenvalue weighted by atomic mass is 10.1. The number of benzene rings is 2. The number of nitrogens with zero attached hydrogens (tertiary/aromatic N) is 1. The second kappa shape index (κ2) is 7.98. The molecule has 0 aliphatic rings. The van der Waals surface area contributed by atoms with Crippen LogP contribution in [0.4, 0.5) is 5.13 Å². The van der Waals surface area contributed by atoms with Gasteiger partial charge in [0.15, 0.2) is 5.13 Å². The summed E-state index contributed by atoms with van der Waals surface area (Å²) in [4.78, 5) is 5.32. The third-order valence-corrected chi connectivity index (χ3v) is 6.71. The average Bonchev–Trinajstić information content (AvgIpc) is 3.01. The van der Waals surface area contributed by atoms with Crippen LogP contribution in [-0.4, -0.2) is 27.6 Å². The van der Waals surface area contributed by atoms with Crippen molar-refractivity contribution in [3.63, 3.8) is 0 Å². The van der Waals surface area contributed by atoms with Gasteiger partial charge >= 0.3 is 0 Å². The fraction of sp³-hybridized carbons (Fsp3) is 0.211. The summed E-state index contributed by atoms with van der Waals surface area (Å²) in [7, 11) is -0.894. The van der Waals surface area contributed by atoms with E-state index in [4.69, 9.17) is 21.1 Å². The third-order valence-electron chi connectivity index (χ3n) is 4.10. The van der Waals surface area contributed by atoms with Gasteiger partial charge in [0.1, 0.15) is 16.4 Å². The van der Waals surface area contributed by atoms with E-state index in [-0.39, 0.29) is 15.8 Å². The summed E-state index contributed by atoms with van der Waals surface area (Å²) >= 11 is 7.22. The van der Waals surface area contributed by atoms with E-state index in [1.807, 2.05) is 32.0 Å². The first-order valence-electron chi connectivity index (χ1n) is 8.24. The molecule has 0 fully saturated rings. The molecule has 0 saturated carbocycles. The molecule has 0 bridgehead atoms. The van der Waals surface area contributed by atoms with Gasteiger partial charge in [-0.1, -0.05) is 11.6 Å². The van der Waals surface area contributed by atoms with Gasteiger partial charge < -0.3 is 9.47 Å². The molecule has 9 heteroatoms. The summed E-state index contributed by atoms with van der Waals surface area (Å²) in [5.74, 6) is 0.988. The molecule has 0 aliphatic heterocycles. The van der Waals surface area contributed by atoms with E-state index in [0.717, 1.165) is 21.8 Å². The van der Waals surface area contributed by atoms with Crippen LogP contribution in [0, 0.1) is 13.8 Å². The Morgan fingerprint density at radius 3 is 2.36 bits per heavy atom. The molecule has 1 heterocycles. The number of sulfonamides is 1. The molecule has 0 amide bonds. The molecule has 6 nitrogen and oxygen atoms in total. The molecule has 0 aliphatic carbocycles. The van der Waals surface area contributed by atoms with Crippen molar-refractivity contribution in [2.24, 2.45) is 0 Å². The van der Waals surface area contributed by atoms with Crippen molar-refractivity contribution < 1.29 is 17.9 Å². The zero-order valence-corrected chi connectivity index (χ0v) is 18.1. The van der Waals surface area contributed by atoms with Crippen LogP contribution in [0.5, 0.6) is 11.5 Å². The molecule has 3 rings (SSSR count). The first-order valence-corrected chi connectivity index (χ1v) is 10.9. The minimum atomic E-state index is -3.91. The predicted molar refractivity (Wildman–Crippen MR) is 112 cm³/mol. The number of halogens is 1. The number of ether oxygens (including phenoxy) is 2. The first-order chi connectivity index (χ1) is 13.2. The number of aryl methyl sites for hydroxylation is 2. The maximum absolute atomic E-state index is 12.8. The number of rotatable bonds is 6. The van der Waals surface area contributed by atoms with Crippen LogP contribution in [0.3, 0.4) is 0 Å². The second-order valence-corrected chi connectivity index (χ2v) is 9.30. The lowest BCUT2D eigenvalue weighted by Gasteiger charge is -2.10. The van der Waals surface area contributed by atoms with E-state index in [1.165, 1.54) is 30.6 Å². The average molecular weight is 439 g/mol. The lowest BCUT2D eigenvalue weighted by Crippen LogP contribution is -2.14. The number of methoxy groups -OCH3 is 2. The Labute approximate surface area is 173 Å². The maximum Gasteiger partial charge on any atom is 0.267 e. The second-order valence-electron chi connectivity index (χ2n) is 6.01. The standard InChI is InChI=1S/C19H19ClN2O4S2/c1-11-9-13(5-7-15(11)25-3)18-12(2)27-19(21-18)22-28(23,24)17-10-14(20)6-8-16(17)26-4/h5-10H,1-4H3,(H,21,22). The van der Waals surface area contributed by atoms with Crippen molar-refractivity contribution in [1.82, 2.24) is 4.98 Å². The summed E-state index contributed by atoms with van der Waals surface area (Å²) in [6, 6.07) is 10.1. The Morgan fingerprint density at radius 2 is 1.71 bits per heavy atom.